The van der Waals surface area contributed by atoms with Crippen LogP contribution in [0.25, 0.3) is 44.5 Å². The predicted octanol–water partition coefficient (Wildman–Crippen LogP) is 16.7. The van der Waals surface area contributed by atoms with Gasteiger partial charge in [0.15, 0.2) is 0 Å². The minimum atomic E-state index is 0.172. The Bertz CT molecular complexity index is 6350. The molecule has 8 aliphatic heterocycles. The molecule has 0 atom stereocenters. The summed E-state index contributed by atoms with van der Waals surface area (Å²) in [4.78, 5) is 9.64. The van der Waals surface area contributed by atoms with Crippen LogP contribution in [-0.4, -0.2) is 26.9 Å². The lowest BCUT2D eigenvalue weighted by molar-refractivity contribution is 1.28. The summed E-state index contributed by atoms with van der Waals surface area (Å²) in [7, 11) is 0. The summed E-state index contributed by atoms with van der Waals surface area (Å²) in [6.45, 7) is 7.75. The minimum Gasteiger partial charge on any atom is -0.312 e. The van der Waals surface area contributed by atoms with Gasteiger partial charge in [-0.3, -0.25) is 0 Å². The van der Waals surface area contributed by atoms with E-state index in [0.29, 0.717) is 20.1 Å². The Morgan fingerprint density at radius 1 is 0.220 bits per heavy atom. The van der Waals surface area contributed by atoms with Crippen molar-refractivity contribution in [3.63, 3.8) is 0 Å². The minimum absolute atomic E-state index is 0.172. The number of anilines is 12. The van der Waals surface area contributed by atoms with E-state index in [2.05, 4.69) is 392 Å². The second-order valence-corrected chi connectivity index (χ2v) is 29.7. The molecule has 0 saturated heterocycles. The molecule has 16 aromatic rings. The molecule has 0 radical (unpaired) electrons. The Balaban J connectivity index is 0.0000000925. The third kappa shape index (κ3) is 9.84. The van der Waals surface area contributed by atoms with Crippen molar-refractivity contribution in [3.05, 3.63) is 386 Å². The van der Waals surface area contributed by atoms with Gasteiger partial charge in [-0.05, 0) is 218 Å². The van der Waals surface area contributed by atoms with E-state index in [4.69, 9.17) is 0 Å². The van der Waals surface area contributed by atoms with Crippen molar-refractivity contribution >= 4 is 161 Å². The zero-order chi connectivity index (χ0) is 72.5. The molecule has 24 rings (SSSR count). The van der Waals surface area contributed by atoms with E-state index in [1.165, 1.54) is 184 Å². The number of nitrogens with zero attached hydrogens (tertiary/aromatic N) is 5. The summed E-state index contributed by atoms with van der Waals surface area (Å²) in [5.41, 5.74) is 47.0. The number of hydrogen-bond acceptors (Lipinski definition) is 5. The molecular weight excluding hydrogens is 1310 g/mol. The molecule has 9 heteroatoms. The average Bonchev–Trinajstić information content (AvgIpc) is 1.59. The molecule has 109 heavy (non-hydrogen) atoms. The van der Waals surface area contributed by atoms with Gasteiger partial charge < -0.3 is 19.6 Å². The quantitative estimate of drug-likeness (QED) is 0.164. The lowest BCUT2D eigenvalue weighted by Crippen LogP contribution is -2.55. The maximum absolute atomic E-state index is 9.74. The SMILES string of the molecule is Cc1ccc2c(c1)B1c3ccccc3-c3cccc(c31)N2c1ccccc1.Cc1ccc2c(c1)N(c1ccccc1)c1cccc3c1B2c1ccccc1-3.Cc1cccc2c1B1c3ccccc3-c3cccc(c31)N2c1ccccc1.N#Cc1cccc2c1-c1cccc3c1B2c1ccccc1N3c1ccccc1. The van der Waals surface area contributed by atoms with Gasteiger partial charge in [-0.1, -0.05) is 294 Å². The van der Waals surface area contributed by atoms with Gasteiger partial charge in [0, 0.05) is 68.2 Å². The van der Waals surface area contributed by atoms with Gasteiger partial charge in [-0.2, -0.15) is 5.26 Å². The molecule has 5 nitrogen and oxygen atoms in total. The number of benzene rings is 16. The molecule has 8 aliphatic rings. The summed E-state index contributed by atoms with van der Waals surface area (Å²) >= 11 is 0. The van der Waals surface area contributed by atoms with Crippen LogP contribution in [0.1, 0.15) is 22.3 Å². The van der Waals surface area contributed by atoms with E-state index in [1.807, 2.05) is 18.2 Å². The predicted molar refractivity (Wildman–Crippen MR) is 464 cm³/mol. The summed E-state index contributed by atoms with van der Waals surface area (Å²) in [6, 6.07) is 134. The Morgan fingerprint density at radius 2 is 0.541 bits per heavy atom. The molecule has 506 valence electrons. The van der Waals surface area contributed by atoms with Crippen molar-refractivity contribution in [1.82, 2.24) is 0 Å². The second-order valence-electron chi connectivity index (χ2n) is 29.7. The Morgan fingerprint density at radius 3 is 1.06 bits per heavy atom. The summed E-state index contributed by atoms with van der Waals surface area (Å²) in [5.74, 6) is 0. The fraction of sp³-hybridized carbons (Fsp3) is 0.0300. The van der Waals surface area contributed by atoms with Crippen LogP contribution in [0, 0.1) is 32.1 Å². The van der Waals surface area contributed by atoms with Crippen molar-refractivity contribution in [1.29, 1.82) is 5.26 Å². The standard InChI is InChI=1S/C25H15BN2.3C25H18BN/c27-16-17-8-6-13-21-24(17)19-11-7-15-23-25(19)26(21)20-12-4-5-14-22(20)28(23)18-9-2-1-3-10-18;1-17-9-7-15-22-24(17)26-21-14-6-5-12-19(21)20-13-8-16-23(25(20)26)27(22)18-10-3-2-4-11-18;1-17-14-15-23-22(16-17)26-21-12-6-5-10-19(21)20-11-7-13-24(25(20)26)27(23)18-8-3-2-4-9-18;1-17-14-15-22-24(16-17)27(18-8-3-2-4-9-18)23-13-7-11-20-19-10-5-6-12-21(19)26(22)25(20)23/h1-15H;3*2-16H,1H3. The highest BCUT2D eigenvalue weighted by molar-refractivity contribution is 7.03. The molecule has 0 fully saturated rings. The van der Waals surface area contributed by atoms with Crippen LogP contribution in [0.2, 0.25) is 0 Å². The van der Waals surface area contributed by atoms with E-state index in [9.17, 15) is 5.26 Å². The van der Waals surface area contributed by atoms with Crippen molar-refractivity contribution in [3.8, 4) is 50.6 Å². The van der Waals surface area contributed by atoms with Crippen LogP contribution in [-0.2, 0) is 0 Å². The van der Waals surface area contributed by atoms with E-state index in [0.717, 1.165) is 16.8 Å². The first-order valence-corrected chi connectivity index (χ1v) is 38.0. The molecule has 0 amide bonds. The van der Waals surface area contributed by atoms with Crippen molar-refractivity contribution in [2.75, 3.05) is 19.6 Å². The molecule has 0 spiro atoms. The molecule has 0 bridgehead atoms. The Kier molecular flexibility index (Phi) is 15.0. The Hall–Kier alpha value is -13.5. The summed E-state index contributed by atoms with van der Waals surface area (Å²) in [5, 5.41) is 9.74. The number of nitriles is 1. The molecule has 16 aromatic carbocycles. The van der Waals surface area contributed by atoms with Gasteiger partial charge >= 0.3 is 0 Å². The lowest BCUT2D eigenvalue weighted by atomic mass is 9.36. The van der Waals surface area contributed by atoms with Gasteiger partial charge in [0.1, 0.15) is 0 Å². The van der Waals surface area contributed by atoms with E-state index in [1.54, 1.807) is 0 Å². The first kappa shape index (κ1) is 63.9. The highest BCUT2D eigenvalue weighted by Crippen LogP contribution is 2.46. The van der Waals surface area contributed by atoms with Crippen LogP contribution >= 0.6 is 0 Å². The van der Waals surface area contributed by atoms with Gasteiger partial charge in [-0.25, -0.2) is 0 Å². The number of rotatable bonds is 4. The molecule has 0 saturated carbocycles. The third-order valence-corrected chi connectivity index (χ3v) is 23.8. The van der Waals surface area contributed by atoms with Gasteiger partial charge in [0.25, 0.3) is 0 Å². The first-order valence-electron chi connectivity index (χ1n) is 38.0. The second kappa shape index (κ2) is 25.6. The van der Waals surface area contributed by atoms with Gasteiger partial charge in [0.2, 0.25) is 26.9 Å². The van der Waals surface area contributed by atoms with Gasteiger partial charge in [-0.15, -0.1) is 0 Å². The topological polar surface area (TPSA) is 36.8 Å². The number of aryl methyl sites for hydroxylation is 3. The average molecular weight is 1380 g/mol. The van der Waals surface area contributed by atoms with E-state index in [-0.39, 0.29) is 6.71 Å². The number of para-hydroxylation sites is 5. The molecular formula is C100H69B4N5. The van der Waals surface area contributed by atoms with Crippen LogP contribution in [0.15, 0.2) is 364 Å². The summed E-state index contributed by atoms with van der Waals surface area (Å²) < 4.78 is 0. The maximum atomic E-state index is 9.74. The highest BCUT2D eigenvalue weighted by Gasteiger charge is 2.47. The third-order valence-electron chi connectivity index (χ3n) is 23.8. The zero-order valence-electron chi connectivity index (χ0n) is 60.7. The molecule has 0 N–H and O–H groups in total. The van der Waals surface area contributed by atoms with Crippen LogP contribution in [0.4, 0.5) is 68.2 Å². The fourth-order valence-corrected chi connectivity index (χ4v) is 19.5. The molecule has 0 aromatic heterocycles. The molecule has 8 heterocycles. The van der Waals surface area contributed by atoms with Crippen molar-refractivity contribution in [2.24, 2.45) is 0 Å². The molecule has 0 aliphatic carbocycles. The van der Waals surface area contributed by atoms with Crippen molar-refractivity contribution < 1.29 is 0 Å². The summed E-state index contributed by atoms with van der Waals surface area (Å²) in [6.07, 6.45) is 0. The van der Waals surface area contributed by atoms with Crippen molar-refractivity contribution in [2.45, 2.75) is 20.8 Å². The van der Waals surface area contributed by atoms with Crippen LogP contribution in [0.3, 0.4) is 0 Å². The zero-order valence-corrected chi connectivity index (χ0v) is 60.7. The van der Waals surface area contributed by atoms with Crippen LogP contribution in [0.5, 0.6) is 0 Å². The van der Waals surface area contributed by atoms with Crippen LogP contribution < -0.4 is 85.2 Å². The normalized spacial score (nSPS) is 13.1. The van der Waals surface area contributed by atoms with E-state index >= 15 is 0 Å². The smallest absolute Gasteiger partial charge is 0.248 e. The van der Waals surface area contributed by atoms with Gasteiger partial charge in [0.05, 0.1) is 11.6 Å². The van der Waals surface area contributed by atoms with E-state index < -0.39 is 0 Å². The number of fused-ring (bicyclic) bond motifs is 20. The largest absolute Gasteiger partial charge is 0.312 e. The Labute approximate surface area is 638 Å². The monoisotopic (exact) mass is 1380 g/mol. The molecule has 0 unspecified atom stereocenters. The first-order chi connectivity index (χ1) is 53.9. The highest BCUT2D eigenvalue weighted by atomic mass is 15.2. The fourth-order valence-electron chi connectivity index (χ4n) is 19.5. The maximum Gasteiger partial charge on any atom is 0.248 e. The lowest BCUT2D eigenvalue weighted by Gasteiger charge is -2.36. The number of hydrogen-bond donors (Lipinski definition) is 0.